The van der Waals surface area contributed by atoms with E-state index in [9.17, 15) is 32.3 Å². The van der Waals surface area contributed by atoms with Crippen LogP contribution in [0.2, 0.25) is 0 Å². The number of aromatic carboxylic acids is 1. The van der Waals surface area contributed by atoms with Crippen LogP contribution in [0.1, 0.15) is 15.9 Å². The molecule has 0 aliphatic rings. The Morgan fingerprint density at radius 3 is 2.30 bits per heavy atom. The third-order valence-electron chi connectivity index (χ3n) is 3.85. The highest BCUT2D eigenvalue weighted by Crippen LogP contribution is 2.22. The summed E-state index contributed by atoms with van der Waals surface area (Å²) in [4.78, 5) is 23.5. The first-order valence-corrected chi connectivity index (χ1v) is 7.56. The number of carboxylic acid groups (broad SMARTS) is 1. The van der Waals surface area contributed by atoms with Gasteiger partial charge in [0.2, 0.25) is 5.43 Å². The van der Waals surface area contributed by atoms with Gasteiger partial charge in [-0.25, -0.2) is 13.6 Å². The molecule has 1 aromatic heterocycles. The molecule has 0 bridgehead atoms. The maximum atomic E-state index is 14.3. The molecule has 0 saturated heterocycles. The van der Waals surface area contributed by atoms with Gasteiger partial charge in [0.1, 0.15) is 22.9 Å². The number of fused-ring (bicyclic) bond motifs is 1. The Hall–Kier alpha value is -3.36. The van der Waals surface area contributed by atoms with Crippen molar-refractivity contribution in [2.45, 2.75) is 13.2 Å². The average Bonchev–Trinajstić information content (AvgIpc) is 2.60. The normalized spacial score (nSPS) is 11.1. The summed E-state index contributed by atoms with van der Waals surface area (Å²) >= 11 is 0. The molecular weight excluding hydrogens is 370 g/mol. The lowest BCUT2D eigenvalue weighted by Crippen LogP contribution is -2.21. The standard InChI is InChI=1S/C18H11F4NO4/c19-12-5-6-13(20)15-14(12)16(24)11(17(25)26)8-23(15)7-9-1-3-10(4-2-9)27-18(21)22/h1-6,8,18H,7H2,(H,25,26). The second kappa shape index (κ2) is 7.10. The first-order chi connectivity index (χ1) is 12.8. The highest BCUT2D eigenvalue weighted by atomic mass is 19.3. The molecule has 3 rings (SSSR count). The number of rotatable bonds is 5. The number of alkyl halides is 2. The molecule has 140 valence electrons. The van der Waals surface area contributed by atoms with Crippen molar-refractivity contribution in [3.05, 3.63) is 75.6 Å². The van der Waals surface area contributed by atoms with E-state index in [0.717, 1.165) is 22.9 Å². The smallest absolute Gasteiger partial charge is 0.387 e. The quantitative estimate of drug-likeness (QED) is 0.686. The van der Waals surface area contributed by atoms with Crippen LogP contribution in [0.3, 0.4) is 0 Å². The SMILES string of the molecule is O=C(O)c1cn(Cc2ccc(OC(F)F)cc2)c2c(F)ccc(F)c2c1=O. The Kier molecular flexibility index (Phi) is 4.85. The van der Waals surface area contributed by atoms with E-state index in [1.54, 1.807) is 0 Å². The Labute approximate surface area is 149 Å². The molecule has 0 amide bonds. The monoisotopic (exact) mass is 381 g/mol. The summed E-state index contributed by atoms with van der Waals surface area (Å²) in [7, 11) is 0. The van der Waals surface area contributed by atoms with Gasteiger partial charge >= 0.3 is 12.6 Å². The minimum Gasteiger partial charge on any atom is -0.477 e. The number of ether oxygens (including phenoxy) is 1. The molecule has 1 heterocycles. The summed E-state index contributed by atoms with van der Waals surface area (Å²) in [5, 5.41) is 8.51. The third-order valence-corrected chi connectivity index (χ3v) is 3.85. The number of halogens is 4. The van der Waals surface area contributed by atoms with Crippen LogP contribution in [0, 0.1) is 11.6 Å². The number of benzene rings is 2. The van der Waals surface area contributed by atoms with Crippen LogP contribution in [0.15, 0.2) is 47.4 Å². The molecule has 0 aliphatic carbocycles. The molecule has 0 unspecified atom stereocenters. The van der Waals surface area contributed by atoms with E-state index in [4.69, 9.17) is 0 Å². The van der Waals surface area contributed by atoms with E-state index in [0.29, 0.717) is 5.56 Å². The average molecular weight is 381 g/mol. The molecule has 1 N–H and O–H groups in total. The summed E-state index contributed by atoms with van der Waals surface area (Å²) < 4.78 is 58.1. The van der Waals surface area contributed by atoms with Crippen molar-refractivity contribution in [3.63, 3.8) is 0 Å². The number of pyridine rings is 1. The van der Waals surface area contributed by atoms with E-state index < -0.39 is 46.1 Å². The summed E-state index contributed by atoms with van der Waals surface area (Å²) in [5.41, 5.74) is -1.78. The van der Waals surface area contributed by atoms with Crippen LogP contribution in [0.5, 0.6) is 5.75 Å². The first kappa shape index (κ1) is 18.4. The van der Waals surface area contributed by atoms with Gasteiger partial charge in [-0.3, -0.25) is 4.79 Å². The lowest BCUT2D eigenvalue weighted by molar-refractivity contribution is -0.0498. The van der Waals surface area contributed by atoms with Crippen LogP contribution in [0.25, 0.3) is 10.9 Å². The van der Waals surface area contributed by atoms with Gasteiger partial charge in [-0.1, -0.05) is 12.1 Å². The molecule has 3 aromatic rings. The number of carboxylic acids is 1. The second-order valence-electron chi connectivity index (χ2n) is 5.58. The molecule has 0 fully saturated rings. The van der Waals surface area contributed by atoms with Crippen molar-refractivity contribution in [1.29, 1.82) is 0 Å². The predicted octanol–water partition coefficient (Wildman–Crippen LogP) is 3.63. The summed E-state index contributed by atoms with van der Waals surface area (Å²) in [6.07, 6.45) is 0.916. The van der Waals surface area contributed by atoms with E-state index >= 15 is 0 Å². The number of aromatic nitrogens is 1. The molecule has 27 heavy (non-hydrogen) atoms. The molecule has 0 atom stereocenters. The van der Waals surface area contributed by atoms with Gasteiger partial charge in [0.05, 0.1) is 10.9 Å². The topological polar surface area (TPSA) is 68.5 Å². The van der Waals surface area contributed by atoms with Gasteiger partial charge in [0.15, 0.2) is 0 Å². The number of hydrogen-bond acceptors (Lipinski definition) is 3. The Bertz CT molecular complexity index is 1080. The zero-order valence-corrected chi connectivity index (χ0v) is 13.5. The van der Waals surface area contributed by atoms with Gasteiger partial charge in [-0.15, -0.1) is 0 Å². The van der Waals surface area contributed by atoms with Gasteiger partial charge in [0.25, 0.3) is 0 Å². The highest BCUT2D eigenvalue weighted by molar-refractivity contribution is 5.92. The molecule has 5 nitrogen and oxygen atoms in total. The molecule has 9 heteroatoms. The highest BCUT2D eigenvalue weighted by Gasteiger charge is 2.20. The van der Waals surface area contributed by atoms with E-state index in [1.165, 1.54) is 24.3 Å². The van der Waals surface area contributed by atoms with Crippen LogP contribution in [-0.2, 0) is 6.54 Å². The zero-order chi connectivity index (χ0) is 19.7. The third kappa shape index (κ3) is 3.62. The van der Waals surface area contributed by atoms with Crippen molar-refractivity contribution in [1.82, 2.24) is 4.57 Å². The van der Waals surface area contributed by atoms with Crippen molar-refractivity contribution in [2.24, 2.45) is 0 Å². The van der Waals surface area contributed by atoms with E-state index in [-0.39, 0.29) is 12.3 Å². The Morgan fingerprint density at radius 1 is 1.07 bits per heavy atom. The number of carbonyl (C=O) groups is 1. The van der Waals surface area contributed by atoms with Crippen LogP contribution >= 0.6 is 0 Å². The van der Waals surface area contributed by atoms with Crippen molar-refractivity contribution in [3.8, 4) is 5.75 Å². The largest absolute Gasteiger partial charge is 0.477 e. The molecular formula is C18H11F4NO4. The van der Waals surface area contributed by atoms with Crippen LogP contribution in [-0.4, -0.2) is 22.3 Å². The molecule has 0 radical (unpaired) electrons. The molecule has 0 aliphatic heterocycles. The number of nitrogens with zero attached hydrogens (tertiary/aromatic N) is 1. The number of hydrogen-bond donors (Lipinski definition) is 1. The summed E-state index contributed by atoms with van der Waals surface area (Å²) in [6.45, 7) is -3.12. The minimum atomic E-state index is -2.99. The maximum absolute atomic E-state index is 14.3. The summed E-state index contributed by atoms with van der Waals surface area (Å²) in [5.74, 6) is -3.63. The fraction of sp³-hybridized carbons (Fsp3) is 0.111. The van der Waals surface area contributed by atoms with Gasteiger partial charge in [0, 0.05) is 12.7 Å². The van der Waals surface area contributed by atoms with Crippen molar-refractivity contribution < 1.29 is 32.2 Å². The predicted molar refractivity (Wildman–Crippen MR) is 87.3 cm³/mol. The van der Waals surface area contributed by atoms with Crippen LogP contribution in [0.4, 0.5) is 17.6 Å². The summed E-state index contributed by atoms with van der Waals surface area (Å²) in [6, 6.07) is 6.88. The Morgan fingerprint density at radius 2 is 1.70 bits per heavy atom. The zero-order valence-electron chi connectivity index (χ0n) is 13.5. The van der Waals surface area contributed by atoms with E-state index in [1.807, 2.05) is 0 Å². The molecule has 0 saturated carbocycles. The van der Waals surface area contributed by atoms with Gasteiger partial charge in [-0.2, -0.15) is 8.78 Å². The van der Waals surface area contributed by atoms with E-state index in [2.05, 4.69) is 4.74 Å². The van der Waals surface area contributed by atoms with Gasteiger partial charge in [-0.05, 0) is 29.8 Å². The fourth-order valence-electron chi connectivity index (χ4n) is 2.70. The van der Waals surface area contributed by atoms with Gasteiger partial charge < -0.3 is 14.4 Å². The minimum absolute atomic E-state index is 0.0954. The van der Waals surface area contributed by atoms with Crippen molar-refractivity contribution >= 4 is 16.9 Å². The lowest BCUT2D eigenvalue weighted by atomic mass is 10.1. The molecule has 2 aromatic carbocycles. The lowest BCUT2D eigenvalue weighted by Gasteiger charge is -2.14. The van der Waals surface area contributed by atoms with Crippen molar-refractivity contribution in [2.75, 3.05) is 0 Å². The Balaban J connectivity index is 2.13. The fourth-order valence-corrected chi connectivity index (χ4v) is 2.70. The first-order valence-electron chi connectivity index (χ1n) is 7.56. The van der Waals surface area contributed by atoms with Crippen LogP contribution < -0.4 is 10.2 Å². The molecule has 0 spiro atoms. The maximum Gasteiger partial charge on any atom is 0.387 e. The second-order valence-corrected chi connectivity index (χ2v) is 5.58.